The maximum atomic E-state index is 11.1. The summed E-state index contributed by atoms with van der Waals surface area (Å²) in [6.07, 6.45) is -0.165. The molecule has 32 heavy (non-hydrogen) atoms. The number of ether oxygens (including phenoxy) is 3. The first kappa shape index (κ1) is 22.8. The molecule has 1 aliphatic carbocycles. The first-order valence-electron chi connectivity index (χ1n) is 11.3. The van der Waals surface area contributed by atoms with Crippen LogP contribution in [0.2, 0.25) is 0 Å². The van der Waals surface area contributed by atoms with Crippen LogP contribution in [0.15, 0.2) is 65.7 Å². The Kier molecular flexibility index (Phi) is 6.84. The van der Waals surface area contributed by atoms with Gasteiger partial charge in [-0.3, -0.25) is 0 Å². The summed E-state index contributed by atoms with van der Waals surface area (Å²) in [5.41, 5.74) is 1.23. The highest BCUT2D eigenvalue weighted by atomic mass is 16.6. The van der Waals surface area contributed by atoms with Crippen LogP contribution in [0, 0.1) is 5.92 Å². The van der Waals surface area contributed by atoms with Crippen LogP contribution in [-0.4, -0.2) is 60.1 Å². The van der Waals surface area contributed by atoms with Gasteiger partial charge in [0, 0.05) is 20.0 Å². The lowest BCUT2D eigenvalue weighted by Crippen LogP contribution is -2.58. The lowest BCUT2D eigenvalue weighted by molar-refractivity contribution is -0.186. The van der Waals surface area contributed by atoms with Crippen molar-refractivity contribution in [3.05, 3.63) is 71.8 Å². The fourth-order valence-corrected chi connectivity index (χ4v) is 4.58. The Labute approximate surface area is 190 Å². The van der Waals surface area contributed by atoms with Gasteiger partial charge in [0.1, 0.15) is 18.2 Å². The average molecular weight is 439 g/mol. The lowest BCUT2D eigenvalue weighted by Gasteiger charge is -2.46. The predicted molar refractivity (Wildman–Crippen MR) is 124 cm³/mol. The van der Waals surface area contributed by atoms with E-state index in [4.69, 9.17) is 19.2 Å². The minimum absolute atomic E-state index is 0.152. The summed E-state index contributed by atoms with van der Waals surface area (Å²) in [4.78, 5) is 6.74. The number of benzene rings is 2. The summed E-state index contributed by atoms with van der Waals surface area (Å²) in [6, 6.07) is 20.6. The van der Waals surface area contributed by atoms with Gasteiger partial charge in [-0.15, -0.1) is 0 Å². The van der Waals surface area contributed by atoms with Crippen LogP contribution >= 0.6 is 0 Å². The van der Waals surface area contributed by atoms with E-state index in [0.717, 1.165) is 11.1 Å². The van der Waals surface area contributed by atoms with Crippen molar-refractivity contribution in [2.24, 2.45) is 10.9 Å². The van der Waals surface area contributed by atoms with Gasteiger partial charge >= 0.3 is 0 Å². The van der Waals surface area contributed by atoms with Gasteiger partial charge in [-0.05, 0) is 31.4 Å². The van der Waals surface area contributed by atoms with Crippen LogP contribution in [0.5, 0.6) is 0 Å². The standard InChI is InChI=1S/C26H34N2O4/c1-26(2,29)20-15-21-22(27-25(32-21)28(3)4)24(31-17-19-13-9-6-10-14-19)23(20)30-16-18-11-7-5-8-12-18/h5-14,20-24,29H,15-17H2,1-4H3. The van der Waals surface area contributed by atoms with Crippen molar-refractivity contribution in [2.45, 2.75) is 63.4 Å². The molecule has 0 bridgehead atoms. The van der Waals surface area contributed by atoms with E-state index in [9.17, 15) is 5.11 Å². The zero-order chi connectivity index (χ0) is 22.7. The van der Waals surface area contributed by atoms with E-state index in [1.165, 1.54) is 0 Å². The molecule has 0 spiro atoms. The Morgan fingerprint density at radius 2 is 1.47 bits per heavy atom. The van der Waals surface area contributed by atoms with Gasteiger partial charge < -0.3 is 24.2 Å². The number of nitrogens with zero attached hydrogens (tertiary/aromatic N) is 2. The number of hydrogen-bond donors (Lipinski definition) is 1. The number of amidine groups is 1. The molecular formula is C26H34N2O4. The van der Waals surface area contributed by atoms with Gasteiger partial charge in [-0.25, -0.2) is 4.99 Å². The summed E-state index contributed by atoms with van der Waals surface area (Å²) in [5, 5.41) is 11.1. The van der Waals surface area contributed by atoms with Gasteiger partial charge in [-0.2, -0.15) is 0 Å². The molecule has 2 aliphatic rings. The van der Waals surface area contributed by atoms with Gasteiger partial charge in [0.25, 0.3) is 6.02 Å². The molecule has 4 rings (SSSR count). The van der Waals surface area contributed by atoms with Gasteiger partial charge in [-0.1, -0.05) is 60.7 Å². The smallest absolute Gasteiger partial charge is 0.287 e. The molecule has 2 aromatic carbocycles. The number of aliphatic imine (C=N–C) groups is 1. The summed E-state index contributed by atoms with van der Waals surface area (Å²) >= 11 is 0. The Bertz CT molecular complexity index is 895. The van der Waals surface area contributed by atoms with Gasteiger partial charge in [0.15, 0.2) is 0 Å². The second-order valence-corrected chi connectivity index (χ2v) is 9.47. The third-order valence-electron chi connectivity index (χ3n) is 6.30. The van der Waals surface area contributed by atoms with E-state index in [0.29, 0.717) is 25.7 Å². The molecule has 0 radical (unpaired) electrons. The Balaban J connectivity index is 1.62. The second-order valence-electron chi connectivity index (χ2n) is 9.47. The maximum Gasteiger partial charge on any atom is 0.287 e. The van der Waals surface area contributed by atoms with Crippen LogP contribution < -0.4 is 0 Å². The molecule has 6 heteroatoms. The summed E-state index contributed by atoms with van der Waals surface area (Å²) in [7, 11) is 3.85. The molecule has 6 nitrogen and oxygen atoms in total. The van der Waals surface area contributed by atoms with Crippen LogP contribution in [0.4, 0.5) is 0 Å². The SMILES string of the molecule is CN(C)C1=NC2C(CC(C(C)(C)O)C(OCc3ccccc3)C2OCc2ccccc2)O1. The van der Waals surface area contributed by atoms with Crippen molar-refractivity contribution in [3.8, 4) is 0 Å². The first-order chi connectivity index (χ1) is 15.3. The quantitative estimate of drug-likeness (QED) is 0.715. The molecular weight excluding hydrogens is 404 g/mol. The fraction of sp³-hybridized carbons (Fsp3) is 0.500. The molecule has 5 atom stereocenters. The van der Waals surface area contributed by atoms with E-state index in [1.807, 2.05) is 93.5 Å². The van der Waals surface area contributed by atoms with Crippen molar-refractivity contribution in [3.63, 3.8) is 0 Å². The number of rotatable bonds is 7. The third-order valence-corrected chi connectivity index (χ3v) is 6.30. The van der Waals surface area contributed by atoms with E-state index in [1.54, 1.807) is 0 Å². The van der Waals surface area contributed by atoms with Crippen molar-refractivity contribution in [2.75, 3.05) is 14.1 Å². The van der Waals surface area contributed by atoms with Crippen LogP contribution in [0.3, 0.4) is 0 Å². The molecule has 0 saturated heterocycles. The van der Waals surface area contributed by atoms with Crippen molar-refractivity contribution >= 4 is 6.02 Å². The number of aliphatic hydroxyl groups is 1. The molecule has 1 fully saturated rings. The largest absolute Gasteiger partial charge is 0.459 e. The van der Waals surface area contributed by atoms with Gasteiger partial charge in [0.2, 0.25) is 0 Å². The molecule has 1 saturated carbocycles. The monoisotopic (exact) mass is 438 g/mol. The Morgan fingerprint density at radius 1 is 0.938 bits per heavy atom. The maximum absolute atomic E-state index is 11.1. The molecule has 1 N–H and O–H groups in total. The molecule has 5 unspecified atom stereocenters. The normalized spacial score (nSPS) is 27.4. The zero-order valence-corrected chi connectivity index (χ0v) is 19.3. The zero-order valence-electron chi connectivity index (χ0n) is 19.3. The van der Waals surface area contributed by atoms with Crippen LogP contribution in [0.1, 0.15) is 31.4 Å². The van der Waals surface area contributed by atoms with Crippen molar-refractivity contribution in [1.82, 2.24) is 4.90 Å². The number of hydrogen-bond acceptors (Lipinski definition) is 6. The summed E-state index contributed by atoms with van der Waals surface area (Å²) in [5.74, 6) is -0.162. The molecule has 172 valence electrons. The number of fused-ring (bicyclic) bond motifs is 1. The molecule has 0 amide bonds. The highest BCUT2D eigenvalue weighted by Crippen LogP contribution is 2.41. The van der Waals surface area contributed by atoms with Crippen LogP contribution in [0.25, 0.3) is 0 Å². The van der Waals surface area contributed by atoms with Gasteiger partial charge in [0.05, 0.1) is 24.9 Å². The van der Waals surface area contributed by atoms with E-state index >= 15 is 0 Å². The molecule has 1 aliphatic heterocycles. The third kappa shape index (κ3) is 5.14. The Morgan fingerprint density at radius 3 is 1.97 bits per heavy atom. The minimum atomic E-state index is -0.953. The average Bonchev–Trinajstić information content (AvgIpc) is 3.21. The highest BCUT2D eigenvalue weighted by molar-refractivity contribution is 5.75. The minimum Gasteiger partial charge on any atom is -0.459 e. The topological polar surface area (TPSA) is 63.5 Å². The van der Waals surface area contributed by atoms with E-state index < -0.39 is 5.60 Å². The fourth-order valence-electron chi connectivity index (χ4n) is 4.58. The molecule has 0 aromatic heterocycles. The predicted octanol–water partition coefficient (Wildman–Crippen LogP) is 3.63. The molecule has 1 heterocycles. The van der Waals surface area contributed by atoms with Crippen molar-refractivity contribution < 1.29 is 19.3 Å². The van der Waals surface area contributed by atoms with E-state index in [2.05, 4.69) is 0 Å². The second kappa shape index (κ2) is 9.61. The summed E-state index contributed by atoms with van der Waals surface area (Å²) < 4.78 is 19.2. The lowest BCUT2D eigenvalue weighted by atomic mass is 9.72. The summed E-state index contributed by atoms with van der Waals surface area (Å²) in [6.45, 7) is 4.58. The molecule has 2 aromatic rings. The van der Waals surface area contributed by atoms with Crippen molar-refractivity contribution in [1.29, 1.82) is 0 Å². The highest BCUT2D eigenvalue weighted by Gasteiger charge is 2.54. The first-order valence-corrected chi connectivity index (χ1v) is 11.3. The Hall–Kier alpha value is -2.41. The van der Waals surface area contributed by atoms with Crippen LogP contribution in [-0.2, 0) is 27.4 Å². The van der Waals surface area contributed by atoms with E-state index in [-0.39, 0.29) is 30.3 Å².